The highest BCUT2D eigenvalue weighted by atomic mass is 15.2. The second-order valence-corrected chi connectivity index (χ2v) is 23.3. The number of hydrogen-bond donors (Lipinski definition) is 0. The van der Waals surface area contributed by atoms with Gasteiger partial charge in [-0.25, -0.2) is 0 Å². The summed E-state index contributed by atoms with van der Waals surface area (Å²) in [6.45, 7) is 26.0. The first-order chi connectivity index (χ1) is 41.2. The molecule has 2 aliphatic carbocycles. The molecular formula is C81H68N4. The van der Waals surface area contributed by atoms with Gasteiger partial charge in [0.1, 0.15) is 0 Å². The van der Waals surface area contributed by atoms with E-state index in [4.69, 9.17) is 6.58 Å². The van der Waals surface area contributed by atoms with Crippen LogP contribution in [0, 0.1) is 60.6 Å². The molecule has 0 saturated carbocycles. The Morgan fingerprint density at radius 2 is 0.612 bits per heavy atom. The fourth-order valence-electron chi connectivity index (χ4n) is 12.6. The zero-order valence-corrected chi connectivity index (χ0v) is 49.8. The lowest BCUT2D eigenvalue weighted by Gasteiger charge is -2.35. The molecule has 11 aromatic rings. The zero-order valence-electron chi connectivity index (χ0n) is 49.8. The normalized spacial score (nSPS) is 12.3. The van der Waals surface area contributed by atoms with Gasteiger partial charge < -0.3 is 19.6 Å². The van der Waals surface area contributed by atoms with Crippen molar-refractivity contribution in [3.05, 3.63) is 340 Å². The van der Waals surface area contributed by atoms with Crippen LogP contribution in [0.5, 0.6) is 0 Å². The van der Waals surface area contributed by atoms with Gasteiger partial charge in [0, 0.05) is 62.6 Å². The molecule has 1 atom stereocenters. The molecule has 0 fully saturated rings. The average Bonchev–Trinajstić information content (AvgIpc) is 1.59. The maximum Gasteiger partial charge on any atom is 0.0973 e. The van der Waals surface area contributed by atoms with Gasteiger partial charge >= 0.3 is 0 Å². The minimum atomic E-state index is -0.887. The lowest BCUT2D eigenvalue weighted by molar-refractivity contribution is 0.793. The van der Waals surface area contributed by atoms with E-state index in [0.717, 1.165) is 79.4 Å². The molecule has 0 radical (unpaired) electrons. The van der Waals surface area contributed by atoms with Gasteiger partial charge in [0.25, 0.3) is 0 Å². The molecule has 0 N–H and O–H groups in total. The second-order valence-electron chi connectivity index (χ2n) is 23.3. The Labute approximate surface area is 502 Å². The highest BCUT2D eigenvalue weighted by Gasteiger charge is 2.53. The molecule has 85 heavy (non-hydrogen) atoms. The van der Waals surface area contributed by atoms with Crippen LogP contribution >= 0.6 is 0 Å². The molecule has 0 amide bonds. The van der Waals surface area contributed by atoms with E-state index < -0.39 is 5.41 Å². The Morgan fingerprint density at radius 3 is 0.941 bits per heavy atom. The minimum absolute atomic E-state index is 0.828. The van der Waals surface area contributed by atoms with Gasteiger partial charge in [0.15, 0.2) is 0 Å². The Bertz CT molecular complexity index is 3950. The van der Waals surface area contributed by atoms with Crippen molar-refractivity contribution in [1.82, 2.24) is 0 Å². The molecule has 11 aromatic carbocycles. The van der Waals surface area contributed by atoms with Crippen LogP contribution in [0.15, 0.2) is 267 Å². The van der Waals surface area contributed by atoms with Crippen LogP contribution in [0.1, 0.15) is 68.1 Å². The Hall–Kier alpha value is -10.3. The van der Waals surface area contributed by atoms with Gasteiger partial charge in [-0.3, -0.25) is 0 Å². The summed E-state index contributed by atoms with van der Waals surface area (Å²) in [6, 6.07) is 93.2. The summed E-state index contributed by atoms with van der Waals surface area (Å²) in [5.74, 6) is 0. The third kappa shape index (κ3) is 9.78. The SMILES string of the molecule is C=C(C)/C=C\C(=C)N(c1ccc(C)cc1)c1ccc2c(c1)C1(c3cc(N(c4c#cc(C)cc4)c4ccc(C)cc4)ccc3-c3ccc(N(c4ccc(C)cc4)c4ccc(C)cc4)cc31)c1cc(N(c3ccc(C)cc3)c3ccc(C)cc3)ccc1-2. The monoisotopic (exact) mass is 1100 g/mol. The first-order valence-corrected chi connectivity index (χ1v) is 29.3. The summed E-state index contributed by atoms with van der Waals surface area (Å²) < 4.78 is 0. The van der Waals surface area contributed by atoms with Crippen LogP contribution < -0.4 is 19.6 Å². The third-order valence-electron chi connectivity index (χ3n) is 17.0. The average molecular weight is 1100 g/mol. The molecule has 0 aliphatic heterocycles. The fraction of sp³-hybridized carbons (Fsp3) is 0.111. The number of anilines is 11. The number of nitrogens with zero attached hydrogens (tertiary/aromatic N) is 4. The van der Waals surface area contributed by atoms with E-state index >= 15 is 0 Å². The van der Waals surface area contributed by atoms with E-state index in [1.54, 1.807) is 0 Å². The minimum Gasteiger partial charge on any atom is -0.311 e. The molecule has 1 spiro atoms. The number of rotatable bonds is 14. The molecule has 2 aliphatic rings. The van der Waals surface area contributed by atoms with Crippen LogP contribution in [0.25, 0.3) is 22.3 Å². The second kappa shape index (κ2) is 21.8. The van der Waals surface area contributed by atoms with Crippen LogP contribution in [-0.4, -0.2) is 0 Å². The van der Waals surface area contributed by atoms with Crippen molar-refractivity contribution in [2.75, 3.05) is 19.6 Å². The first kappa shape index (κ1) is 53.9. The molecule has 0 bridgehead atoms. The molecule has 0 aromatic heterocycles. The number of allylic oxidation sites excluding steroid dienone is 3. The Balaban J connectivity index is 1.15. The van der Waals surface area contributed by atoms with E-state index in [0.29, 0.717) is 0 Å². The number of hydrogen-bond acceptors (Lipinski definition) is 4. The van der Waals surface area contributed by atoms with E-state index in [9.17, 15) is 0 Å². The molecule has 1 unspecified atom stereocenters. The number of aryl methyl sites for hydroxylation is 7. The summed E-state index contributed by atoms with van der Waals surface area (Å²) in [5, 5.41) is 0. The topological polar surface area (TPSA) is 13.0 Å². The smallest absolute Gasteiger partial charge is 0.0973 e. The molecule has 0 heterocycles. The van der Waals surface area contributed by atoms with Gasteiger partial charge in [-0.15, -0.1) is 0 Å². The van der Waals surface area contributed by atoms with Gasteiger partial charge in [-0.1, -0.05) is 161 Å². The van der Waals surface area contributed by atoms with E-state index in [-0.39, 0.29) is 0 Å². The highest BCUT2D eigenvalue weighted by molar-refractivity contribution is 5.99. The van der Waals surface area contributed by atoms with Crippen LogP contribution in [0.3, 0.4) is 0 Å². The predicted molar refractivity (Wildman–Crippen MR) is 359 cm³/mol. The van der Waals surface area contributed by atoms with Gasteiger partial charge in [-0.2, -0.15) is 0 Å². The highest BCUT2D eigenvalue weighted by Crippen LogP contribution is 2.65. The predicted octanol–water partition coefficient (Wildman–Crippen LogP) is 22.0. The van der Waals surface area contributed by atoms with Crippen molar-refractivity contribution in [2.24, 2.45) is 0 Å². The third-order valence-corrected chi connectivity index (χ3v) is 17.0. The van der Waals surface area contributed by atoms with Gasteiger partial charge in [0.05, 0.1) is 11.1 Å². The summed E-state index contributed by atoms with van der Waals surface area (Å²) in [4.78, 5) is 9.47. The Morgan fingerprint density at radius 1 is 0.318 bits per heavy atom. The molecule has 4 heteroatoms. The van der Waals surface area contributed by atoms with E-state index in [2.05, 4.69) is 323 Å². The maximum atomic E-state index is 4.77. The molecule has 13 rings (SSSR count). The van der Waals surface area contributed by atoms with Crippen LogP contribution in [-0.2, 0) is 5.41 Å². The van der Waals surface area contributed by atoms with E-state index in [1.807, 2.05) is 13.0 Å². The quantitative estimate of drug-likeness (QED) is 0.101. The summed E-state index contributed by atoms with van der Waals surface area (Å²) >= 11 is 0. The molecular weight excluding hydrogens is 1030 g/mol. The zero-order chi connectivity index (χ0) is 58.7. The first-order valence-electron chi connectivity index (χ1n) is 29.3. The fourth-order valence-corrected chi connectivity index (χ4v) is 12.6. The standard InChI is InChI=1S/C81H68N4/c1-53(2)11-26-61(10)82(62-27-12-54(3)13-28-62)69-41-45-73-74-46-42-70(83(63-29-14-55(4)15-30-63)64-31-16-56(5)17-32-64)50-78(74)81(77(73)49-69)79-51-71(84(65-33-18-57(6)19-34-65)66-35-20-58(7)21-36-66)43-47-75(79)76-48-44-72(52-80(76)81)85(67-37-22-59(8)23-38-67)68-39-24-60(9)25-40-68/h11-24,26-39,41-52H,1,10H2,2-9H3/b26-11-. The summed E-state index contributed by atoms with van der Waals surface area (Å²) in [6.07, 6.45) is 4.13. The van der Waals surface area contributed by atoms with E-state index in [1.165, 1.54) is 77.9 Å². The summed E-state index contributed by atoms with van der Waals surface area (Å²) in [5.41, 5.74) is 30.1. The van der Waals surface area contributed by atoms with Crippen molar-refractivity contribution >= 4 is 62.6 Å². The lowest BCUT2D eigenvalue weighted by atomic mass is 9.70. The van der Waals surface area contributed by atoms with Crippen molar-refractivity contribution in [3.8, 4) is 22.3 Å². The maximum absolute atomic E-state index is 4.77. The molecule has 412 valence electrons. The van der Waals surface area contributed by atoms with Crippen molar-refractivity contribution in [2.45, 2.75) is 60.8 Å². The number of benzene rings is 10. The number of fused-ring (bicyclic) bond motifs is 10. The molecule has 4 nitrogen and oxygen atoms in total. The van der Waals surface area contributed by atoms with Crippen molar-refractivity contribution in [3.63, 3.8) is 0 Å². The van der Waals surface area contributed by atoms with Crippen molar-refractivity contribution in [1.29, 1.82) is 0 Å². The van der Waals surface area contributed by atoms with Crippen LogP contribution in [0.2, 0.25) is 0 Å². The summed E-state index contributed by atoms with van der Waals surface area (Å²) in [7, 11) is 0. The van der Waals surface area contributed by atoms with Crippen LogP contribution in [0.4, 0.5) is 62.6 Å². The lowest BCUT2D eigenvalue weighted by Crippen LogP contribution is -2.27. The molecule has 0 saturated heterocycles. The Kier molecular flexibility index (Phi) is 13.8. The largest absolute Gasteiger partial charge is 0.311 e. The van der Waals surface area contributed by atoms with Gasteiger partial charge in [0.2, 0.25) is 0 Å². The van der Waals surface area contributed by atoms with Crippen molar-refractivity contribution < 1.29 is 0 Å². The van der Waals surface area contributed by atoms with Gasteiger partial charge in [-0.05, 0) is 251 Å².